The van der Waals surface area contributed by atoms with Gasteiger partial charge in [0, 0.05) is 5.57 Å². The third kappa shape index (κ3) is 3.81. The van der Waals surface area contributed by atoms with Gasteiger partial charge in [0.25, 0.3) is 0 Å². The van der Waals surface area contributed by atoms with Crippen LogP contribution < -0.4 is 0 Å². The predicted molar refractivity (Wildman–Crippen MR) is 45.3 cm³/mol. The van der Waals surface area contributed by atoms with Gasteiger partial charge >= 0.3 is 5.97 Å². The Bertz CT molecular complexity index is 148. The first-order valence-corrected chi connectivity index (χ1v) is 4.03. The molecular weight excluding hydrogens is 140 g/mol. The van der Waals surface area contributed by atoms with Gasteiger partial charge in [-0.1, -0.05) is 26.3 Å². The first kappa shape index (κ1) is 10.2. The Kier molecular flexibility index (Phi) is 5.53. The van der Waals surface area contributed by atoms with E-state index in [1.165, 1.54) is 7.11 Å². The number of hydrogen-bond donors (Lipinski definition) is 0. The van der Waals surface area contributed by atoms with Crippen molar-refractivity contribution in [3.63, 3.8) is 0 Å². The Hall–Kier alpha value is -0.790. The van der Waals surface area contributed by atoms with E-state index in [9.17, 15) is 4.79 Å². The lowest BCUT2D eigenvalue weighted by Gasteiger charge is -2.01. The van der Waals surface area contributed by atoms with Gasteiger partial charge in [-0.25, -0.2) is 4.79 Å². The van der Waals surface area contributed by atoms with E-state index in [1.54, 1.807) is 0 Å². The first-order valence-electron chi connectivity index (χ1n) is 4.03. The second-order valence-electron chi connectivity index (χ2n) is 2.38. The van der Waals surface area contributed by atoms with Crippen LogP contribution in [0.15, 0.2) is 11.6 Å². The van der Waals surface area contributed by atoms with Gasteiger partial charge in [-0.05, 0) is 12.8 Å². The number of carbonyl (C=O) groups is 1. The molecule has 0 heterocycles. The molecule has 64 valence electrons. The van der Waals surface area contributed by atoms with Crippen LogP contribution in [0.4, 0.5) is 0 Å². The Morgan fingerprint density at radius 1 is 1.45 bits per heavy atom. The summed E-state index contributed by atoms with van der Waals surface area (Å²) in [5.41, 5.74) is 0.803. The van der Waals surface area contributed by atoms with Crippen molar-refractivity contribution in [2.75, 3.05) is 7.11 Å². The molecule has 0 aliphatic heterocycles. The van der Waals surface area contributed by atoms with E-state index >= 15 is 0 Å². The summed E-state index contributed by atoms with van der Waals surface area (Å²) in [7, 11) is 1.42. The largest absolute Gasteiger partial charge is 0.466 e. The third-order valence-electron chi connectivity index (χ3n) is 1.42. The number of allylic oxidation sites excluding steroid dienone is 1. The van der Waals surface area contributed by atoms with Gasteiger partial charge in [-0.15, -0.1) is 0 Å². The highest BCUT2D eigenvalue weighted by molar-refractivity contribution is 5.88. The van der Waals surface area contributed by atoms with Crippen molar-refractivity contribution in [3.05, 3.63) is 11.6 Å². The summed E-state index contributed by atoms with van der Waals surface area (Å²) >= 11 is 0. The molecule has 2 heteroatoms. The molecule has 0 unspecified atom stereocenters. The van der Waals surface area contributed by atoms with Crippen molar-refractivity contribution in [2.45, 2.75) is 33.1 Å². The second kappa shape index (κ2) is 5.96. The number of carbonyl (C=O) groups excluding carboxylic acids is 1. The minimum atomic E-state index is -0.186. The second-order valence-corrected chi connectivity index (χ2v) is 2.38. The minimum absolute atomic E-state index is 0.186. The van der Waals surface area contributed by atoms with Gasteiger partial charge in [0.15, 0.2) is 0 Å². The lowest BCUT2D eigenvalue weighted by Crippen LogP contribution is -2.04. The van der Waals surface area contributed by atoms with Crippen LogP contribution in [0.1, 0.15) is 33.1 Å². The highest BCUT2D eigenvalue weighted by atomic mass is 16.5. The molecule has 0 saturated heterocycles. The summed E-state index contributed by atoms with van der Waals surface area (Å²) in [6, 6.07) is 0. The van der Waals surface area contributed by atoms with Crippen molar-refractivity contribution < 1.29 is 9.53 Å². The molecule has 0 N–H and O–H groups in total. The smallest absolute Gasteiger partial charge is 0.333 e. The normalized spacial score (nSPS) is 11.4. The van der Waals surface area contributed by atoms with Crippen LogP contribution in [0.5, 0.6) is 0 Å². The van der Waals surface area contributed by atoms with Crippen molar-refractivity contribution >= 4 is 5.97 Å². The van der Waals surface area contributed by atoms with Crippen LogP contribution in [0, 0.1) is 0 Å². The van der Waals surface area contributed by atoms with Crippen molar-refractivity contribution in [1.29, 1.82) is 0 Å². The van der Waals surface area contributed by atoms with E-state index in [1.807, 2.05) is 19.9 Å². The Morgan fingerprint density at radius 2 is 2.09 bits per heavy atom. The van der Waals surface area contributed by atoms with E-state index < -0.39 is 0 Å². The van der Waals surface area contributed by atoms with Crippen LogP contribution in [-0.4, -0.2) is 13.1 Å². The van der Waals surface area contributed by atoms with Crippen molar-refractivity contribution in [3.8, 4) is 0 Å². The van der Waals surface area contributed by atoms with E-state index in [0.717, 1.165) is 24.8 Å². The van der Waals surface area contributed by atoms with Gasteiger partial charge in [-0.2, -0.15) is 0 Å². The summed E-state index contributed by atoms with van der Waals surface area (Å²) in [4.78, 5) is 11.0. The first-order chi connectivity index (χ1) is 5.26. The van der Waals surface area contributed by atoms with Crippen LogP contribution >= 0.6 is 0 Å². The number of methoxy groups -OCH3 is 1. The van der Waals surface area contributed by atoms with Crippen molar-refractivity contribution in [2.24, 2.45) is 0 Å². The van der Waals surface area contributed by atoms with Gasteiger partial charge < -0.3 is 4.74 Å². The highest BCUT2D eigenvalue weighted by Crippen LogP contribution is 2.07. The lowest BCUT2D eigenvalue weighted by atomic mass is 10.1. The van der Waals surface area contributed by atoms with E-state index in [2.05, 4.69) is 4.74 Å². The fourth-order valence-corrected chi connectivity index (χ4v) is 0.934. The molecule has 2 nitrogen and oxygen atoms in total. The Balaban J connectivity index is 4.09. The fraction of sp³-hybridized carbons (Fsp3) is 0.667. The number of ether oxygens (including phenoxy) is 1. The zero-order chi connectivity index (χ0) is 8.69. The number of rotatable bonds is 4. The molecule has 0 atom stereocenters. The van der Waals surface area contributed by atoms with E-state index in [0.29, 0.717) is 0 Å². The lowest BCUT2D eigenvalue weighted by molar-refractivity contribution is -0.136. The van der Waals surface area contributed by atoms with Crippen LogP contribution in [0.2, 0.25) is 0 Å². The molecule has 0 fully saturated rings. The molecule has 0 spiro atoms. The average molecular weight is 156 g/mol. The molecule has 0 bridgehead atoms. The minimum Gasteiger partial charge on any atom is -0.466 e. The SMILES string of the molecule is CC/C=C(\CCC)C(=O)OC. The van der Waals surface area contributed by atoms with E-state index in [-0.39, 0.29) is 5.97 Å². The molecule has 0 aromatic heterocycles. The Labute approximate surface area is 68.2 Å². The molecule has 0 aromatic rings. The maximum absolute atomic E-state index is 11.0. The summed E-state index contributed by atoms with van der Waals surface area (Å²) < 4.78 is 4.61. The molecule has 0 rings (SSSR count). The number of hydrogen-bond acceptors (Lipinski definition) is 2. The summed E-state index contributed by atoms with van der Waals surface area (Å²) in [6.07, 6.45) is 4.63. The Morgan fingerprint density at radius 3 is 2.45 bits per heavy atom. The van der Waals surface area contributed by atoms with Crippen LogP contribution in [0.3, 0.4) is 0 Å². The third-order valence-corrected chi connectivity index (χ3v) is 1.42. The summed E-state index contributed by atoms with van der Waals surface area (Å²) in [5, 5.41) is 0. The topological polar surface area (TPSA) is 26.3 Å². The highest BCUT2D eigenvalue weighted by Gasteiger charge is 2.06. The molecule has 0 aromatic carbocycles. The van der Waals surface area contributed by atoms with Gasteiger partial charge in [0.1, 0.15) is 0 Å². The van der Waals surface area contributed by atoms with Gasteiger partial charge in [0.2, 0.25) is 0 Å². The molecule has 0 aliphatic rings. The van der Waals surface area contributed by atoms with Gasteiger partial charge in [0.05, 0.1) is 7.11 Å². The van der Waals surface area contributed by atoms with Crippen LogP contribution in [-0.2, 0) is 9.53 Å². The van der Waals surface area contributed by atoms with Crippen molar-refractivity contribution in [1.82, 2.24) is 0 Å². The molecule has 0 aliphatic carbocycles. The quantitative estimate of drug-likeness (QED) is 0.461. The fourth-order valence-electron chi connectivity index (χ4n) is 0.934. The molecular formula is C9H16O2. The summed E-state index contributed by atoms with van der Waals surface area (Å²) in [5.74, 6) is -0.186. The monoisotopic (exact) mass is 156 g/mol. The zero-order valence-corrected chi connectivity index (χ0v) is 7.52. The molecule has 11 heavy (non-hydrogen) atoms. The maximum atomic E-state index is 11.0. The van der Waals surface area contributed by atoms with E-state index in [4.69, 9.17) is 0 Å². The average Bonchev–Trinajstić information content (AvgIpc) is 2.03. The molecule has 0 amide bonds. The van der Waals surface area contributed by atoms with Crippen LogP contribution in [0.25, 0.3) is 0 Å². The number of esters is 1. The van der Waals surface area contributed by atoms with Gasteiger partial charge in [-0.3, -0.25) is 0 Å². The molecule has 0 saturated carbocycles. The molecule has 0 radical (unpaired) electrons. The predicted octanol–water partition coefficient (Wildman–Crippen LogP) is 2.30. The zero-order valence-electron chi connectivity index (χ0n) is 7.52. The standard InChI is InChI=1S/C9H16O2/c1-4-6-8(7-5-2)9(10)11-3/h6H,4-5,7H2,1-3H3/b8-6+. The summed E-state index contributed by atoms with van der Waals surface area (Å²) in [6.45, 7) is 4.06. The maximum Gasteiger partial charge on any atom is 0.333 e.